The molecule has 0 spiro atoms. The fraction of sp³-hybridized carbons (Fsp3) is 0.273. The maximum absolute atomic E-state index is 11.2. The number of carbonyl (C=O) groups excluding carboxylic acids is 2. The zero-order valence-electron chi connectivity index (χ0n) is 8.20. The summed E-state index contributed by atoms with van der Waals surface area (Å²) >= 11 is 0. The van der Waals surface area contributed by atoms with Crippen LogP contribution >= 0.6 is 0 Å². The first-order valence-corrected chi connectivity index (χ1v) is 4.33. The minimum Gasteiger partial charge on any atom is -0.508 e. The van der Waals surface area contributed by atoms with Crippen LogP contribution in [0, 0.1) is 0 Å². The molecule has 1 aromatic carbocycles. The van der Waals surface area contributed by atoms with Gasteiger partial charge in [-0.05, 0) is 37.6 Å². The van der Waals surface area contributed by atoms with Crippen LogP contribution in [0.5, 0.6) is 5.75 Å². The Hall–Kier alpha value is -1.64. The number of rotatable bonds is 3. The molecule has 0 bridgehead atoms. The van der Waals surface area contributed by atoms with E-state index in [1.54, 1.807) is 0 Å². The van der Waals surface area contributed by atoms with Gasteiger partial charge in [0.05, 0.1) is 0 Å². The van der Waals surface area contributed by atoms with Crippen LogP contribution in [0.1, 0.15) is 29.8 Å². The fourth-order valence-electron chi connectivity index (χ4n) is 1.34. The van der Waals surface area contributed by atoms with Gasteiger partial charge in [0.15, 0.2) is 5.78 Å². The first kappa shape index (κ1) is 10.4. The summed E-state index contributed by atoms with van der Waals surface area (Å²) in [4.78, 5) is 22.1. The van der Waals surface area contributed by atoms with Crippen molar-refractivity contribution in [1.82, 2.24) is 0 Å². The highest BCUT2D eigenvalue weighted by atomic mass is 16.3. The lowest BCUT2D eigenvalue weighted by Gasteiger charge is -2.05. The SMILES string of the molecule is CC(=O)Cc1cc(O)ccc1C(C)=O. The highest BCUT2D eigenvalue weighted by molar-refractivity contribution is 5.97. The first-order valence-electron chi connectivity index (χ1n) is 4.33. The Morgan fingerprint density at radius 1 is 1.29 bits per heavy atom. The maximum atomic E-state index is 11.2. The summed E-state index contributed by atoms with van der Waals surface area (Å²) in [6, 6.07) is 4.44. The molecule has 1 aromatic rings. The molecule has 0 heterocycles. The molecule has 0 radical (unpaired) electrons. The standard InChI is InChI=1S/C11H12O3/c1-7(12)5-9-6-10(14)3-4-11(9)8(2)13/h3-4,6,14H,5H2,1-2H3. The van der Waals surface area contributed by atoms with E-state index in [0.29, 0.717) is 11.1 Å². The minimum absolute atomic E-state index is 0.0295. The molecule has 0 amide bonds. The van der Waals surface area contributed by atoms with E-state index in [-0.39, 0.29) is 23.7 Å². The lowest BCUT2D eigenvalue weighted by Crippen LogP contribution is -2.04. The second kappa shape index (κ2) is 4.05. The molecule has 0 aliphatic carbocycles. The summed E-state index contributed by atoms with van der Waals surface area (Å²) < 4.78 is 0. The van der Waals surface area contributed by atoms with Gasteiger partial charge in [-0.1, -0.05) is 0 Å². The monoisotopic (exact) mass is 192 g/mol. The average molecular weight is 192 g/mol. The third kappa shape index (κ3) is 2.42. The number of phenolic OH excluding ortho intramolecular Hbond substituents is 1. The van der Waals surface area contributed by atoms with E-state index in [4.69, 9.17) is 0 Å². The van der Waals surface area contributed by atoms with Crippen molar-refractivity contribution in [3.05, 3.63) is 29.3 Å². The Kier molecular flexibility index (Phi) is 3.02. The number of benzene rings is 1. The molecule has 0 unspecified atom stereocenters. The van der Waals surface area contributed by atoms with E-state index in [1.165, 1.54) is 32.0 Å². The fourth-order valence-corrected chi connectivity index (χ4v) is 1.34. The van der Waals surface area contributed by atoms with Crippen LogP contribution in [0.3, 0.4) is 0 Å². The van der Waals surface area contributed by atoms with E-state index in [2.05, 4.69) is 0 Å². The molecule has 0 atom stereocenters. The molecule has 74 valence electrons. The maximum Gasteiger partial charge on any atom is 0.160 e. The van der Waals surface area contributed by atoms with Crippen molar-refractivity contribution >= 4 is 11.6 Å². The smallest absolute Gasteiger partial charge is 0.160 e. The first-order chi connectivity index (χ1) is 6.50. The van der Waals surface area contributed by atoms with Gasteiger partial charge in [0, 0.05) is 12.0 Å². The van der Waals surface area contributed by atoms with Gasteiger partial charge in [-0.25, -0.2) is 0 Å². The zero-order valence-corrected chi connectivity index (χ0v) is 8.20. The van der Waals surface area contributed by atoms with Crippen LogP contribution in [-0.2, 0) is 11.2 Å². The summed E-state index contributed by atoms with van der Waals surface area (Å²) in [5.41, 5.74) is 1.09. The van der Waals surface area contributed by atoms with Crippen LogP contribution in [-0.4, -0.2) is 16.7 Å². The van der Waals surface area contributed by atoms with Crippen molar-refractivity contribution in [3.63, 3.8) is 0 Å². The Bertz CT molecular complexity index is 380. The van der Waals surface area contributed by atoms with Crippen molar-refractivity contribution in [1.29, 1.82) is 0 Å². The van der Waals surface area contributed by atoms with Crippen molar-refractivity contribution in [2.24, 2.45) is 0 Å². The Labute approximate surface area is 82.4 Å². The van der Waals surface area contributed by atoms with Crippen LogP contribution < -0.4 is 0 Å². The molecular formula is C11H12O3. The highest BCUT2D eigenvalue weighted by Crippen LogP contribution is 2.17. The third-order valence-electron chi connectivity index (χ3n) is 1.91. The largest absolute Gasteiger partial charge is 0.508 e. The number of phenols is 1. The third-order valence-corrected chi connectivity index (χ3v) is 1.91. The van der Waals surface area contributed by atoms with Crippen molar-refractivity contribution in [2.45, 2.75) is 20.3 Å². The number of hydrogen-bond acceptors (Lipinski definition) is 3. The highest BCUT2D eigenvalue weighted by Gasteiger charge is 2.09. The number of aromatic hydroxyl groups is 1. The van der Waals surface area contributed by atoms with Gasteiger partial charge >= 0.3 is 0 Å². The summed E-state index contributed by atoms with van der Waals surface area (Å²) in [6.07, 6.45) is 0.184. The van der Waals surface area contributed by atoms with E-state index in [9.17, 15) is 14.7 Å². The lowest BCUT2D eigenvalue weighted by molar-refractivity contribution is -0.116. The molecule has 3 heteroatoms. The van der Waals surface area contributed by atoms with Crippen molar-refractivity contribution in [3.8, 4) is 5.75 Å². The predicted octanol–water partition coefficient (Wildman–Crippen LogP) is 1.73. The van der Waals surface area contributed by atoms with Crippen LogP contribution in [0.2, 0.25) is 0 Å². The Balaban J connectivity index is 3.15. The van der Waals surface area contributed by atoms with E-state index in [0.717, 1.165) is 0 Å². The average Bonchev–Trinajstić information content (AvgIpc) is 2.01. The van der Waals surface area contributed by atoms with Gasteiger partial charge < -0.3 is 5.11 Å². The van der Waals surface area contributed by atoms with Gasteiger partial charge in [-0.3, -0.25) is 9.59 Å². The van der Waals surface area contributed by atoms with Gasteiger partial charge in [0.1, 0.15) is 11.5 Å². The van der Waals surface area contributed by atoms with Crippen molar-refractivity contribution in [2.75, 3.05) is 0 Å². The number of hydrogen-bond donors (Lipinski definition) is 1. The molecule has 0 aromatic heterocycles. The zero-order chi connectivity index (χ0) is 10.7. The van der Waals surface area contributed by atoms with Gasteiger partial charge in [-0.15, -0.1) is 0 Å². The molecule has 0 fully saturated rings. The molecule has 0 saturated carbocycles. The number of Topliss-reactive ketones (excluding diaryl/α,β-unsaturated/α-hetero) is 2. The van der Waals surface area contributed by atoms with Gasteiger partial charge in [-0.2, -0.15) is 0 Å². The topological polar surface area (TPSA) is 54.4 Å². The summed E-state index contributed by atoms with van der Waals surface area (Å²) in [6.45, 7) is 2.89. The molecule has 1 N–H and O–H groups in total. The van der Waals surface area contributed by atoms with Gasteiger partial charge in [0.25, 0.3) is 0 Å². The summed E-state index contributed by atoms with van der Waals surface area (Å²) in [7, 11) is 0. The van der Waals surface area contributed by atoms with E-state index < -0.39 is 0 Å². The summed E-state index contributed by atoms with van der Waals surface area (Å²) in [5, 5.41) is 9.21. The quantitative estimate of drug-likeness (QED) is 0.742. The van der Waals surface area contributed by atoms with Crippen LogP contribution in [0.15, 0.2) is 18.2 Å². The molecule has 0 saturated heterocycles. The van der Waals surface area contributed by atoms with Gasteiger partial charge in [0.2, 0.25) is 0 Å². The number of carbonyl (C=O) groups is 2. The molecule has 0 aliphatic heterocycles. The lowest BCUT2D eigenvalue weighted by atomic mass is 10.00. The molecule has 14 heavy (non-hydrogen) atoms. The Morgan fingerprint density at radius 3 is 2.43 bits per heavy atom. The molecular weight excluding hydrogens is 180 g/mol. The van der Waals surface area contributed by atoms with E-state index in [1.807, 2.05) is 0 Å². The summed E-state index contributed by atoms with van der Waals surface area (Å²) in [5.74, 6) is -0.0504. The van der Waals surface area contributed by atoms with Crippen molar-refractivity contribution < 1.29 is 14.7 Å². The molecule has 1 rings (SSSR count). The minimum atomic E-state index is -0.0961. The second-order valence-electron chi connectivity index (χ2n) is 3.28. The van der Waals surface area contributed by atoms with Crippen LogP contribution in [0.25, 0.3) is 0 Å². The number of ketones is 2. The second-order valence-corrected chi connectivity index (χ2v) is 3.28. The normalized spacial score (nSPS) is 9.86. The predicted molar refractivity (Wildman–Crippen MR) is 52.5 cm³/mol. The van der Waals surface area contributed by atoms with Crippen LogP contribution in [0.4, 0.5) is 0 Å². The molecule has 3 nitrogen and oxygen atoms in total. The van der Waals surface area contributed by atoms with E-state index >= 15 is 0 Å². The Morgan fingerprint density at radius 2 is 1.93 bits per heavy atom. The molecule has 0 aliphatic rings.